The van der Waals surface area contributed by atoms with Crippen molar-refractivity contribution in [1.82, 2.24) is 4.31 Å². The fourth-order valence-electron chi connectivity index (χ4n) is 2.38. The maximum Gasteiger partial charge on any atom is 0.247 e. The summed E-state index contributed by atoms with van der Waals surface area (Å²) >= 11 is 0. The predicted octanol–water partition coefficient (Wildman–Crippen LogP) is 1.61. The highest BCUT2D eigenvalue weighted by atomic mass is 32.2. The SMILES string of the molecule is C=CC(=O)Nc1ccc(S(=O)(=O)N2CC(C)OC(C)C2)cc1. The van der Waals surface area contributed by atoms with E-state index in [2.05, 4.69) is 11.9 Å². The lowest BCUT2D eigenvalue weighted by molar-refractivity contribution is -0.111. The lowest BCUT2D eigenvalue weighted by atomic mass is 10.3. The summed E-state index contributed by atoms with van der Waals surface area (Å²) in [5.74, 6) is -0.341. The first-order chi connectivity index (χ1) is 10.3. The van der Waals surface area contributed by atoms with Crippen LogP contribution in [-0.4, -0.2) is 43.9 Å². The lowest BCUT2D eigenvalue weighted by Crippen LogP contribution is -2.48. The maximum atomic E-state index is 12.6. The van der Waals surface area contributed by atoms with Crippen molar-refractivity contribution in [3.05, 3.63) is 36.9 Å². The van der Waals surface area contributed by atoms with Gasteiger partial charge in [0.1, 0.15) is 0 Å². The second kappa shape index (κ2) is 6.60. The molecule has 0 radical (unpaired) electrons. The topological polar surface area (TPSA) is 75.7 Å². The van der Waals surface area contributed by atoms with E-state index in [-0.39, 0.29) is 23.0 Å². The smallest absolute Gasteiger partial charge is 0.247 e. The van der Waals surface area contributed by atoms with E-state index < -0.39 is 10.0 Å². The van der Waals surface area contributed by atoms with Gasteiger partial charge in [-0.15, -0.1) is 0 Å². The Morgan fingerprint density at radius 1 is 1.27 bits per heavy atom. The summed E-state index contributed by atoms with van der Waals surface area (Å²) in [6.45, 7) is 7.74. The zero-order chi connectivity index (χ0) is 16.3. The molecule has 120 valence electrons. The molecule has 2 rings (SSSR count). The van der Waals surface area contributed by atoms with Crippen LogP contribution in [0, 0.1) is 0 Å². The van der Waals surface area contributed by atoms with Crippen LogP contribution in [-0.2, 0) is 19.6 Å². The Hall–Kier alpha value is -1.70. The molecule has 0 saturated carbocycles. The Labute approximate surface area is 130 Å². The Bertz CT molecular complexity index is 645. The molecule has 1 aromatic carbocycles. The van der Waals surface area contributed by atoms with Crippen molar-refractivity contribution in [2.24, 2.45) is 0 Å². The third-order valence-electron chi connectivity index (χ3n) is 3.33. The van der Waals surface area contributed by atoms with Gasteiger partial charge in [-0.1, -0.05) is 6.58 Å². The van der Waals surface area contributed by atoms with Crippen molar-refractivity contribution in [2.75, 3.05) is 18.4 Å². The van der Waals surface area contributed by atoms with Crippen LogP contribution in [0.15, 0.2) is 41.8 Å². The molecular weight excluding hydrogens is 304 g/mol. The average molecular weight is 324 g/mol. The number of morpholine rings is 1. The normalized spacial score (nSPS) is 23.0. The Morgan fingerprint density at radius 2 is 1.82 bits per heavy atom. The lowest BCUT2D eigenvalue weighted by Gasteiger charge is -2.34. The van der Waals surface area contributed by atoms with Gasteiger partial charge in [-0.3, -0.25) is 4.79 Å². The molecule has 0 bridgehead atoms. The monoisotopic (exact) mass is 324 g/mol. The Kier molecular flexibility index (Phi) is 5.00. The molecule has 0 spiro atoms. The van der Waals surface area contributed by atoms with Crippen molar-refractivity contribution in [2.45, 2.75) is 31.0 Å². The van der Waals surface area contributed by atoms with Crippen molar-refractivity contribution in [3.63, 3.8) is 0 Å². The Balaban J connectivity index is 2.19. The van der Waals surface area contributed by atoms with Crippen molar-refractivity contribution in [1.29, 1.82) is 0 Å². The summed E-state index contributed by atoms with van der Waals surface area (Å²) in [5, 5.41) is 2.58. The molecule has 1 amide bonds. The number of carbonyl (C=O) groups is 1. The first-order valence-electron chi connectivity index (χ1n) is 7.02. The molecule has 1 aliphatic heterocycles. The third kappa shape index (κ3) is 3.73. The largest absolute Gasteiger partial charge is 0.373 e. The maximum absolute atomic E-state index is 12.6. The van der Waals surface area contributed by atoms with E-state index in [0.29, 0.717) is 18.8 Å². The summed E-state index contributed by atoms with van der Waals surface area (Å²) in [4.78, 5) is 11.4. The van der Waals surface area contributed by atoms with E-state index in [1.165, 1.54) is 16.4 Å². The van der Waals surface area contributed by atoms with Crippen LogP contribution in [0.1, 0.15) is 13.8 Å². The zero-order valence-corrected chi connectivity index (χ0v) is 13.5. The molecule has 0 aromatic heterocycles. The highest BCUT2D eigenvalue weighted by Crippen LogP contribution is 2.22. The van der Waals surface area contributed by atoms with Gasteiger partial charge in [0, 0.05) is 18.8 Å². The van der Waals surface area contributed by atoms with Crippen LogP contribution >= 0.6 is 0 Å². The van der Waals surface area contributed by atoms with Gasteiger partial charge in [0.15, 0.2) is 0 Å². The van der Waals surface area contributed by atoms with Crippen LogP contribution in [0.3, 0.4) is 0 Å². The number of rotatable bonds is 4. The number of ether oxygens (including phenoxy) is 1. The van der Waals surface area contributed by atoms with E-state index in [9.17, 15) is 13.2 Å². The minimum absolute atomic E-state index is 0.135. The number of hydrogen-bond donors (Lipinski definition) is 1. The van der Waals surface area contributed by atoms with E-state index in [1.54, 1.807) is 12.1 Å². The highest BCUT2D eigenvalue weighted by Gasteiger charge is 2.32. The molecule has 1 saturated heterocycles. The minimum atomic E-state index is -3.56. The quantitative estimate of drug-likeness (QED) is 0.854. The Morgan fingerprint density at radius 3 is 2.32 bits per heavy atom. The molecule has 2 unspecified atom stereocenters. The van der Waals surface area contributed by atoms with E-state index in [0.717, 1.165) is 6.08 Å². The number of nitrogens with zero attached hydrogens (tertiary/aromatic N) is 1. The van der Waals surface area contributed by atoms with Crippen LogP contribution in [0.2, 0.25) is 0 Å². The van der Waals surface area contributed by atoms with Gasteiger partial charge in [-0.05, 0) is 44.2 Å². The van der Waals surface area contributed by atoms with Gasteiger partial charge >= 0.3 is 0 Å². The molecule has 1 aliphatic rings. The molecule has 1 fully saturated rings. The molecule has 2 atom stereocenters. The van der Waals surface area contributed by atoms with Crippen LogP contribution in [0.5, 0.6) is 0 Å². The standard InChI is InChI=1S/C15H20N2O4S/c1-4-15(18)16-13-5-7-14(8-6-13)22(19,20)17-9-11(2)21-12(3)10-17/h4-8,11-12H,1,9-10H2,2-3H3,(H,16,18). The number of carbonyl (C=O) groups excluding carboxylic acids is 1. The van der Waals surface area contributed by atoms with E-state index >= 15 is 0 Å². The number of sulfonamides is 1. The van der Waals surface area contributed by atoms with E-state index in [4.69, 9.17) is 4.74 Å². The van der Waals surface area contributed by atoms with Crippen molar-refractivity contribution >= 4 is 21.6 Å². The molecule has 1 aromatic rings. The molecule has 1 heterocycles. The summed E-state index contributed by atoms with van der Waals surface area (Å²) in [7, 11) is -3.56. The second-order valence-corrected chi connectivity index (χ2v) is 7.24. The average Bonchev–Trinajstić information content (AvgIpc) is 2.46. The number of nitrogens with one attached hydrogen (secondary N) is 1. The summed E-state index contributed by atoms with van der Waals surface area (Å²) in [5.41, 5.74) is 0.521. The van der Waals surface area contributed by atoms with Crippen LogP contribution < -0.4 is 5.32 Å². The molecule has 22 heavy (non-hydrogen) atoms. The van der Waals surface area contributed by atoms with Crippen LogP contribution in [0.4, 0.5) is 5.69 Å². The first-order valence-corrected chi connectivity index (χ1v) is 8.46. The van der Waals surface area contributed by atoms with Gasteiger partial charge in [-0.25, -0.2) is 8.42 Å². The second-order valence-electron chi connectivity index (χ2n) is 5.30. The van der Waals surface area contributed by atoms with Gasteiger partial charge in [0.25, 0.3) is 0 Å². The van der Waals surface area contributed by atoms with Gasteiger partial charge in [-0.2, -0.15) is 4.31 Å². The zero-order valence-electron chi connectivity index (χ0n) is 12.7. The molecule has 1 N–H and O–H groups in total. The molecule has 0 aliphatic carbocycles. The van der Waals surface area contributed by atoms with Crippen molar-refractivity contribution < 1.29 is 17.9 Å². The molecule has 7 heteroatoms. The predicted molar refractivity (Wildman–Crippen MR) is 84.0 cm³/mol. The first kappa shape index (κ1) is 16.7. The molecule has 6 nitrogen and oxygen atoms in total. The summed E-state index contributed by atoms with van der Waals surface area (Å²) in [6, 6.07) is 6.08. The summed E-state index contributed by atoms with van der Waals surface area (Å²) < 4.78 is 32.3. The van der Waals surface area contributed by atoms with Gasteiger partial charge < -0.3 is 10.1 Å². The molecular formula is C15H20N2O4S. The number of anilines is 1. The number of benzene rings is 1. The van der Waals surface area contributed by atoms with Gasteiger partial charge in [0.2, 0.25) is 15.9 Å². The van der Waals surface area contributed by atoms with Crippen LogP contribution in [0.25, 0.3) is 0 Å². The fourth-order valence-corrected chi connectivity index (χ4v) is 3.97. The number of amides is 1. The van der Waals surface area contributed by atoms with Gasteiger partial charge in [0.05, 0.1) is 17.1 Å². The summed E-state index contributed by atoms with van der Waals surface area (Å²) in [6.07, 6.45) is 0.885. The van der Waals surface area contributed by atoms with Crippen molar-refractivity contribution in [3.8, 4) is 0 Å². The van der Waals surface area contributed by atoms with E-state index in [1.807, 2.05) is 13.8 Å². The fraction of sp³-hybridized carbons (Fsp3) is 0.400. The number of hydrogen-bond acceptors (Lipinski definition) is 4. The highest BCUT2D eigenvalue weighted by molar-refractivity contribution is 7.89. The minimum Gasteiger partial charge on any atom is -0.373 e. The third-order valence-corrected chi connectivity index (χ3v) is 5.18.